The number of methoxy groups -OCH3 is 1. The number of nitrogens with two attached hydrogens (primary N) is 1. The Balaban J connectivity index is 2.01. The first-order chi connectivity index (χ1) is 10.5. The summed E-state index contributed by atoms with van der Waals surface area (Å²) >= 11 is 0. The summed E-state index contributed by atoms with van der Waals surface area (Å²) in [5.74, 6) is -0.0556. The molecule has 1 heterocycles. The Bertz CT molecular complexity index is 547. The van der Waals surface area contributed by atoms with Crippen LogP contribution in [0.3, 0.4) is 0 Å². The van der Waals surface area contributed by atoms with E-state index in [0.717, 1.165) is 11.3 Å². The third-order valence-electron chi connectivity index (χ3n) is 3.80. The Hall–Kier alpha value is -2.08. The molecule has 0 aliphatic carbocycles. The number of ether oxygens (including phenoxy) is 2. The summed E-state index contributed by atoms with van der Waals surface area (Å²) in [6.07, 6.45) is 0.268. The van der Waals surface area contributed by atoms with Gasteiger partial charge >= 0.3 is 5.97 Å². The van der Waals surface area contributed by atoms with Gasteiger partial charge in [-0.2, -0.15) is 0 Å². The van der Waals surface area contributed by atoms with E-state index >= 15 is 0 Å². The van der Waals surface area contributed by atoms with E-state index in [0.29, 0.717) is 19.7 Å². The number of hydrogen-bond donors (Lipinski definition) is 1. The van der Waals surface area contributed by atoms with Crippen molar-refractivity contribution in [3.8, 4) is 5.75 Å². The van der Waals surface area contributed by atoms with Crippen LogP contribution in [0, 0.1) is 5.92 Å². The number of nitrogens with zero attached hydrogens (tertiary/aromatic N) is 1. The van der Waals surface area contributed by atoms with Gasteiger partial charge in [0.1, 0.15) is 18.4 Å². The van der Waals surface area contributed by atoms with Crippen LogP contribution in [-0.4, -0.2) is 43.1 Å². The molecule has 22 heavy (non-hydrogen) atoms. The topological polar surface area (TPSA) is 81.9 Å². The maximum atomic E-state index is 12.6. The fourth-order valence-corrected chi connectivity index (χ4v) is 2.55. The van der Waals surface area contributed by atoms with Crippen molar-refractivity contribution in [2.75, 3.05) is 20.3 Å². The fourth-order valence-electron chi connectivity index (χ4n) is 2.55. The predicted molar refractivity (Wildman–Crippen MR) is 81.1 cm³/mol. The largest absolute Gasteiger partial charge is 0.491 e. The molecule has 1 aliphatic rings. The summed E-state index contributed by atoms with van der Waals surface area (Å²) in [5.41, 5.74) is 6.72. The zero-order valence-electron chi connectivity index (χ0n) is 13.0. The van der Waals surface area contributed by atoms with Crippen LogP contribution < -0.4 is 10.5 Å². The Kier molecular flexibility index (Phi) is 5.38. The van der Waals surface area contributed by atoms with E-state index in [1.54, 1.807) is 11.8 Å². The number of carbonyl (C=O) groups is 2. The Morgan fingerprint density at radius 3 is 2.86 bits per heavy atom. The highest BCUT2D eigenvalue weighted by atomic mass is 16.5. The molecule has 120 valence electrons. The number of fused-ring (bicyclic) bond motifs is 1. The Labute approximate surface area is 130 Å². The summed E-state index contributed by atoms with van der Waals surface area (Å²) in [5, 5.41) is 0. The van der Waals surface area contributed by atoms with Gasteiger partial charge < -0.3 is 20.1 Å². The van der Waals surface area contributed by atoms with Crippen LogP contribution in [-0.2, 0) is 20.9 Å². The maximum Gasteiger partial charge on any atom is 0.322 e. The summed E-state index contributed by atoms with van der Waals surface area (Å²) in [7, 11) is 1.29. The van der Waals surface area contributed by atoms with Crippen LogP contribution >= 0.6 is 0 Å². The van der Waals surface area contributed by atoms with Crippen molar-refractivity contribution in [3.63, 3.8) is 0 Å². The monoisotopic (exact) mass is 306 g/mol. The Morgan fingerprint density at radius 2 is 2.14 bits per heavy atom. The summed E-state index contributed by atoms with van der Waals surface area (Å²) < 4.78 is 10.2. The number of para-hydroxylation sites is 1. The standard InChI is InChI=1S/C16H22N2O4/c1-11(9-13(17)16(20)21-2)15(19)18-7-8-22-14-6-4-3-5-12(14)10-18/h3-6,11,13H,7-10,17H2,1-2H3/t11?,13-/m0/s1. The molecule has 1 aliphatic heterocycles. The SMILES string of the molecule is COC(=O)[C@@H](N)CC(C)C(=O)N1CCOc2ccccc2C1. The van der Waals surface area contributed by atoms with Gasteiger partial charge in [0.2, 0.25) is 5.91 Å². The third-order valence-corrected chi connectivity index (χ3v) is 3.80. The third kappa shape index (κ3) is 3.76. The molecule has 0 saturated heterocycles. The van der Waals surface area contributed by atoms with Crippen molar-refractivity contribution in [2.24, 2.45) is 11.7 Å². The molecule has 6 nitrogen and oxygen atoms in total. The molecule has 2 atom stereocenters. The second-order valence-corrected chi connectivity index (χ2v) is 5.48. The lowest BCUT2D eigenvalue weighted by molar-refractivity contribution is -0.143. The number of rotatable bonds is 4. The van der Waals surface area contributed by atoms with E-state index in [9.17, 15) is 9.59 Å². The van der Waals surface area contributed by atoms with Crippen molar-refractivity contribution in [3.05, 3.63) is 29.8 Å². The number of amides is 1. The van der Waals surface area contributed by atoms with Crippen molar-refractivity contribution in [1.29, 1.82) is 0 Å². The highest BCUT2D eigenvalue weighted by Crippen LogP contribution is 2.23. The van der Waals surface area contributed by atoms with Gasteiger partial charge in [0.15, 0.2) is 0 Å². The molecule has 0 aromatic heterocycles. The second kappa shape index (κ2) is 7.26. The van der Waals surface area contributed by atoms with E-state index in [1.165, 1.54) is 7.11 Å². The average Bonchev–Trinajstić information content (AvgIpc) is 2.75. The summed E-state index contributed by atoms with van der Waals surface area (Å²) in [6, 6.07) is 6.91. The van der Waals surface area contributed by atoms with Gasteiger partial charge in [0.25, 0.3) is 0 Å². The number of hydrogen-bond acceptors (Lipinski definition) is 5. The lowest BCUT2D eigenvalue weighted by Gasteiger charge is -2.24. The molecule has 0 fully saturated rings. The average molecular weight is 306 g/mol. The highest BCUT2D eigenvalue weighted by molar-refractivity contribution is 5.81. The van der Waals surface area contributed by atoms with E-state index < -0.39 is 12.0 Å². The number of benzene rings is 1. The van der Waals surface area contributed by atoms with Gasteiger partial charge in [-0.05, 0) is 12.5 Å². The molecule has 1 aromatic rings. The van der Waals surface area contributed by atoms with Gasteiger partial charge in [-0.1, -0.05) is 25.1 Å². The van der Waals surface area contributed by atoms with Gasteiger partial charge in [0, 0.05) is 18.0 Å². The van der Waals surface area contributed by atoms with Crippen LogP contribution in [0.1, 0.15) is 18.9 Å². The molecule has 0 saturated carbocycles. The molecule has 1 amide bonds. The first-order valence-electron chi connectivity index (χ1n) is 7.35. The van der Waals surface area contributed by atoms with E-state index in [2.05, 4.69) is 4.74 Å². The normalized spacial score (nSPS) is 16.8. The van der Waals surface area contributed by atoms with Crippen LogP contribution in [0.15, 0.2) is 24.3 Å². The smallest absolute Gasteiger partial charge is 0.322 e. The second-order valence-electron chi connectivity index (χ2n) is 5.48. The molecule has 6 heteroatoms. The molecule has 2 rings (SSSR count). The zero-order chi connectivity index (χ0) is 16.1. The first-order valence-corrected chi connectivity index (χ1v) is 7.35. The fraction of sp³-hybridized carbons (Fsp3) is 0.500. The van der Waals surface area contributed by atoms with E-state index in [1.807, 2.05) is 24.3 Å². The van der Waals surface area contributed by atoms with Crippen molar-refractivity contribution in [2.45, 2.75) is 25.9 Å². The minimum Gasteiger partial charge on any atom is -0.491 e. The highest BCUT2D eigenvalue weighted by Gasteiger charge is 2.27. The van der Waals surface area contributed by atoms with Crippen LogP contribution in [0.25, 0.3) is 0 Å². The summed E-state index contributed by atoms with van der Waals surface area (Å²) in [6.45, 7) is 3.26. The molecule has 0 radical (unpaired) electrons. The molecule has 0 spiro atoms. The molecule has 1 unspecified atom stereocenters. The number of esters is 1. The summed E-state index contributed by atoms with van der Waals surface area (Å²) in [4.78, 5) is 25.7. The van der Waals surface area contributed by atoms with E-state index in [4.69, 9.17) is 10.5 Å². The van der Waals surface area contributed by atoms with Gasteiger partial charge in [0.05, 0.1) is 13.7 Å². The van der Waals surface area contributed by atoms with Gasteiger partial charge in [-0.15, -0.1) is 0 Å². The molecule has 0 bridgehead atoms. The minimum atomic E-state index is -0.778. The molecular formula is C16H22N2O4. The lowest BCUT2D eigenvalue weighted by Crippen LogP contribution is -2.40. The van der Waals surface area contributed by atoms with Crippen LogP contribution in [0.4, 0.5) is 0 Å². The molecule has 2 N–H and O–H groups in total. The first kappa shape index (κ1) is 16.3. The van der Waals surface area contributed by atoms with E-state index in [-0.39, 0.29) is 18.2 Å². The van der Waals surface area contributed by atoms with Gasteiger partial charge in [-0.25, -0.2) is 0 Å². The molecular weight excluding hydrogens is 284 g/mol. The van der Waals surface area contributed by atoms with Crippen molar-refractivity contribution in [1.82, 2.24) is 4.90 Å². The molecule has 1 aromatic carbocycles. The quantitative estimate of drug-likeness (QED) is 0.837. The minimum absolute atomic E-state index is 0.0281. The van der Waals surface area contributed by atoms with Gasteiger partial charge in [-0.3, -0.25) is 9.59 Å². The maximum absolute atomic E-state index is 12.6. The van der Waals surface area contributed by atoms with Crippen molar-refractivity contribution >= 4 is 11.9 Å². The van der Waals surface area contributed by atoms with Crippen LogP contribution in [0.5, 0.6) is 5.75 Å². The Morgan fingerprint density at radius 1 is 1.41 bits per heavy atom. The zero-order valence-corrected chi connectivity index (χ0v) is 13.0. The number of carbonyl (C=O) groups excluding carboxylic acids is 2. The lowest BCUT2D eigenvalue weighted by atomic mass is 10.0. The predicted octanol–water partition coefficient (Wildman–Crippen LogP) is 0.934. The van der Waals surface area contributed by atoms with Crippen LogP contribution in [0.2, 0.25) is 0 Å². The van der Waals surface area contributed by atoms with Crippen molar-refractivity contribution < 1.29 is 19.1 Å².